The van der Waals surface area contributed by atoms with E-state index in [0.717, 1.165) is 16.7 Å². The van der Waals surface area contributed by atoms with Crippen LogP contribution < -0.4 is 10.5 Å². The van der Waals surface area contributed by atoms with Crippen LogP contribution in [0.5, 0.6) is 5.75 Å². The number of likely N-dealkylation sites (N-methyl/N-ethyl adjacent to an activating group) is 1. The predicted octanol–water partition coefficient (Wildman–Crippen LogP) is 1.70. The summed E-state index contributed by atoms with van der Waals surface area (Å²) in [5.41, 5.74) is 6.84. The minimum atomic E-state index is -1.18. The van der Waals surface area contributed by atoms with Gasteiger partial charge >= 0.3 is 0 Å². The summed E-state index contributed by atoms with van der Waals surface area (Å²) in [6, 6.07) is 5.83. The zero-order chi connectivity index (χ0) is 20.2. The first-order valence-corrected chi connectivity index (χ1v) is 9.81. The maximum absolute atomic E-state index is 13.7. The second kappa shape index (κ2) is 6.25. The molecule has 1 unspecified atom stereocenters. The van der Waals surface area contributed by atoms with Gasteiger partial charge in [-0.15, -0.1) is 0 Å². The van der Waals surface area contributed by atoms with Gasteiger partial charge in [0, 0.05) is 37.0 Å². The molecule has 1 aromatic heterocycles. The van der Waals surface area contributed by atoms with E-state index in [4.69, 9.17) is 20.2 Å². The number of guanidine groups is 1. The Labute approximate surface area is 168 Å². The van der Waals surface area contributed by atoms with E-state index in [1.807, 2.05) is 18.2 Å². The summed E-state index contributed by atoms with van der Waals surface area (Å²) in [7, 11) is 1.67. The molecule has 0 radical (unpaired) electrons. The summed E-state index contributed by atoms with van der Waals surface area (Å²) < 4.78 is 12.3. The molecule has 0 saturated carbocycles. The van der Waals surface area contributed by atoms with Crippen molar-refractivity contribution < 1.29 is 14.3 Å². The van der Waals surface area contributed by atoms with Gasteiger partial charge in [-0.2, -0.15) is 0 Å². The van der Waals surface area contributed by atoms with E-state index in [1.54, 1.807) is 19.4 Å². The van der Waals surface area contributed by atoms with Crippen molar-refractivity contribution in [1.82, 2.24) is 14.9 Å². The van der Waals surface area contributed by atoms with Gasteiger partial charge in [0.15, 0.2) is 11.5 Å². The Balaban J connectivity index is 1.79. The smallest absolute Gasteiger partial charge is 0.262 e. The molecule has 8 nitrogen and oxygen atoms in total. The zero-order valence-electron chi connectivity index (χ0n) is 16.5. The fourth-order valence-corrected chi connectivity index (χ4v) is 5.01. The van der Waals surface area contributed by atoms with Crippen LogP contribution in [0.25, 0.3) is 11.1 Å². The normalized spacial score (nSPS) is 30.6. The number of aromatic nitrogens is 2. The molecular weight excluding hydrogens is 370 g/mol. The van der Waals surface area contributed by atoms with Crippen LogP contribution in [0.4, 0.5) is 0 Å². The number of aliphatic imine (C=N–C) groups is 1. The zero-order valence-corrected chi connectivity index (χ0v) is 16.5. The van der Waals surface area contributed by atoms with Gasteiger partial charge < -0.3 is 15.2 Å². The number of nitrogens with zero attached hydrogens (tertiary/aromatic N) is 4. The average molecular weight is 393 g/mol. The molecule has 2 N–H and O–H groups in total. The molecule has 8 heteroatoms. The first-order valence-electron chi connectivity index (χ1n) is 9.81. The maximum Gasteiger partial charge on any atom is 0.262 e. The Morgan fingerprint density at radius 1 is 1.28 bits per heavy atom. The van der Waals surface area contributed by atoms with E-state index < -0.39 is 11.0 Å². The standard InChI is InChI=1S/C21H23N5O3/c1-3-20-11-28-7-6-17(20)29-16-5-4-13(14-9-23-12-24-10-14)8-15(16)21(20)18(27)26(2)19(22)25-21/h4-5,8-10,12,17H,3,6-7,11H2,1-2H3,(H2,22,25)/t17-,20-,21?/m1/s1. The second-order valence-electron chi connectivity index (χ2n) is 7.84. The molecule has 1 saturated heterocycles. The van der Waals surface area contributed by atoms with Crippen molar-refractivity contribution in [3.8, 4) is 16.9 Å². The second-order valence-corrected chi connectivity index (χ2v) is 7.84. The molecule has 150 valence electrons. The molecular formula is C21H23N5O3. The molecule has 3 aliphatic heterocycles. The van der Waals surface area contributed by atoms with Crippen LogP contribution in [0.3, 0.4) is 0 Å². The highest BCUT2D eigenvalue weighted by Gasteiger charge is 2.68. The van der Waals surface area contributed by atoms with Crippen LogP contribution in [0.15, 0.2) is 41.9 Å². The van der Waals surface area contributed by atoms with Crippen molar-refractivity contribution in [2.24, 2.45) is 16.1 Å². The third-order valence-corrected chi connectivity index (χ3v) is 6.62. The number of hydrogen-bond donors (Lipinski definition) is 1. The summed E-state index contributed by atoms with van der Waals surface area (Å²) in [4.78, 5) is 28.2. The van der Waals surface area contributed by atoms with Crippen molar-refractivity contribution in [2.45, 2.75) is 31.4 Å². The van der Waals surface area contributed by atoms with Crippen LogP contribution >= 0.6 is 0 Å². The summed E-state index contributed by atoms with van der Waals surface area (Å²) >= 11 is 0. The molecule has 4 heterocycles. The van der Waals surface area contributed by atoms with E-state index in [-0.39, 0.29) is 18.0 Å². The lowest BCUT2D eigenvalue weighted by atomic mass is 9.58. The van der Waals surface area contributed by atoms with Gasteiger partial charge in [0.25, 0.3) is 5.91 Å². The SMILES string of the molecule is CC[C@@]12COCC[C@H]1Oc1ccc(-c3cncnc3)cc1C21N=C(N)N(C)C1=O. The maximum atomic E-state index is 13.7. The largest absolute Gasteiger partial charge is 0.489 e. The van der Waals surface area contributed by atoms with Crippen molar-refractivity contribution in [1.29, 1.82) is 0 Å². The first kappa shape index (κ1) is 18.1. The van der Waals surface area contributed by atoms with E-state index in [2.05, 4.69) is 16.9 Å². The molecule has 1 spiro atoms. The number of amides is 1. The molecule has 2 aromatic rings. The fraction of sp³-hybridized carbons (Fsp3) is 0.429. The lowest BCUT2D eigenvalue weighted by Crippen LogP contribution is -2.64. The Hall–Kier alpha value is -3.00. The fourth-order valence-electron chi connectivity index (χ4n) is 5.01. The number of benzene rings is 1. The highest BCUT2D eigenvalue weighted by molar-refractivity contribution is 6.08. The van der Waals surface area contributed by atoms with Gasteiger partial charge in [-0.3, -0.25) is 9.69 Å². The van der Waals surface area contributed by atoms with Gasteiger partial charge in [-0.05, 0) is 24.1 Å². The van der Waals surface area contributed by atoms with Crippen molar-refractivity contribution in [3.63, 3.8) is 0 Å². The van der Waals surface area contributed by atoms with E-state index in [9.17, 15) is 4.79 Å². The van der Waals surface area contributed by atoms with E-state index >= 15 is 0 Å². The molecule has 0 aliphatic carbocycles. The summed E-state index contributed by atoms with van der Waals surface area (Å²) in [5, 5.41) is 0. The Morgan fingerprint density at radius 3 is 2.76 bits per heavy atom. The van der Waals surface area contributed by atoms with Crippen molar-refractivity contribution in [3.05, 3.63) is 42.5 Å². The van der Waals surface area contributed by atoms with Crippen molar-refractivity contribution >= 4 is 11.9 Å². The molecule has 1 aromatic carbocycles. The molecule has 29 heavy (non-hydrogen) atoms. The summed E-state index contributed by atoms with van der Waals surface area (Å²) in [5.74, 6) is 0.744. The van der Waals surface area contributed by atoms with Crippen LogP contribution in [-0.4, -0.2) is 53.1 Å². The number of rotatable bonds is 2. The number of carbonyl (C=O) groups excluding carboxylic acids is 1. The topological polar surface area (TPSA) is 103 Å². The number of carbonyl (C=O) groups is 1. The van der Waals surface area contributed by atoms with E-state index in [1.165, 1.54) is 11.2 Å². The van der Waals surface area contributed by atoms with Crippen LogP contribution in [-0.2, 0) is 15.1 Å². The van der Waals surface area contributed by atoms with E-state index in [0.29, 0.717) is 31.8 Å². The minimum Gasteiger partial charge on any atom is -0.489 e. The summed E-state index contributed by atoms with van der Waals surface area (Å²) in [6.45, 7) is 3.05. The van der Waals surface area contributed by atoms with Gasteiger partial charge in [0.2, 0.25) is 0 Å². The highest BCUT2D eigenvalue weighted by Crippen LogP contribution is 2.59. The highest BCUT2D eigenvalue weighted by atomic mass is 16.5. The molecule has 3 aliphatic rings. The average Bonchev–Trinajstić information content (AvgIpc) is 2.99. The van der Waals surface area contributed by atoms with Gasteiger partial charge in [-0.1, -0.05) is 13.0 Å². The Morgan fingerprint density at radius 2 is 2.07 bits per heavy atom. The molecule has 5 rings (SSSR count). The minimum absolute atomic E-state index is 0.140. The Bertz CT molecular complexity index is 1010. The number of fused-ring (bicyclic) bond motifs is 4. The van der Waals surface area contributed by atoms with Crippen molar-refractivity contribution in [2.75, 3.05) is 20.3 Å². The quantitative estimate of drug-likeness (QED) is 0.833. The van der Waals surface area contributed by atoms with Gasteiger partial charge in [0.05, 0.1) is 18.6 Å². The molecule has 3 atom stereocenters. The lowest BCUT2D eigenvalue weighted by Gasteiger charge is -2.54. The van der Waals surface area contributed by atoms with Gasteiger partial charge in [-0.25, -0.2) is 15.0 Å². The van der Waals surface area contributed by atoms with Crippen LogP contribution in [0, 0.1) is 5.41 Å². The number of nitrogens with two attached hydrogens (primary N) is 1. The van der Waals surface area contributed by atoms with Crippen LogP contribution in [0.1, 0.15) is 25.3 Å². The number of hydrogen-bond acceptors (Lipinski definition) is 7. The molecule has 1 amide bonds. The third kappa shape index (κ3) is 2.23. The first-order chi connectivity index (χ1) is 14.0. The monoisotopic (exact) mass is 393 g/mol. The molecule has 1 fully saturated rings. The third-order valence-electron chi connectivity index (χ3n) is 6.62. The number of ether oxygens (including phenoxy) is 2. The Kier molecular flexibility index (Phi) is 3.89. The molecule has 0 bridgehead atoms. The summed E-state index contributed by atoms with van der Waals surface area (Å²) in [6.07, 6.45) is 6.18. The van der Waals surface area contributed by atoms with Crippen LogP contribution in [0.2, 0.25) is 0 Å². The predicted molar refractivity (Wildman–Crippen MR) is 106 cm³/mol. The van der Waals surface area contributed by atoms with Gasteiger partial charge in [0.1, 0.15) is 18.2 Å². The lowest BCUT2D eigenvalue weighted by molar-refractivity contribution is -0.165.